The zero-order valence-electron chi connectivity index (χ0n) is 14.2. The first-order chi connectivity index (χ1) is 13.1. The first-order valence-electron chi connectivity index (χ1n) is 8.38. The first-order valence-corrected chi connectivity index (χ1v) is 9.86. The number of fused-ring (bicyclic) bond motifs is 1. The highest BCUT2D eigenvalue weighted by Gasteiger charge is 2.35. The fourth-order valence-corrected chi connectivity index (χ4v) is 4.07. The van der Waals surface area contributed by atoms with Crippen LogP contribution in [-0.4, -0.2) is 19.3 Å². The van der Waals surface area contributed by atoms with Crippen molar-refractivity contribution in [1.29, 1.82) is 0 Å². The minimum absolute atomic E-state index is 0.0865. The number of benzene rings is 3. The summed E-state index contributed by atoms with van der Waals surface area (Å²) in [5.74, 6) is -0.419. The van der Waals surface area contributed by atoms with Crippen molar-refractivity contribution in [1.82, 2.24) is 9.84 Å². The van der Waals surface area contributed by atoms with Gasteiger partial charge in [-0.2, -0.15) is 0 Å². The van der Waals surface area contributed by atoms with Gasteiger partial charge in [-0.3, -0.25) is 4.79 Å². The van der Waals surface area contributed by atoms with Gasteiger partial charge in [0, 0.05) is 5.69 Å². The number of hydrogen-bond donors (Lipinski definition) is 2. The van der Waals surface area contributed by atoms with Crippen LogP contribution in [-0.2, 0) is 10.0 Å². The lowest BCUT2D eigenvalue weighted by Crippen LogP contribution is -2.52. The number of hydrogen-bond acceptors (Lipinski definition) is 4. The van der Waals surface area contributed by atoms with Crippen LogP contribution in [0.4, 0.5) is 5.69 Å². The Morgan fingerprint density at radius 1 is 0.815 bits per heavy atom. The van der Waals surface area contributed by atoms with Gasteiger partial charge in [-0.05, 0) is 29.8 Å². The molecule has 0 aromatic heterocycles. The van der Waals surface area contributed by atoms with Crippen LogP contribution in [0.25, 0.3) is 0 Å². The molecule has 3 aromatic rings. The van der Waals surface area contributed by atoms with Crippen molar-refractivity contribution in [2.24, 2.45) is 0 Å². The monoisotopic (exact) mass is 379 g/mol. The van der Waals surface area contributed by atoms with Crippen LogP contribution < -0.4 is 10.1 Å². The number of sulfonamides is 1. The molecule has 6 nitrogen and oxygen atoms in total. The fourth-order valence-electron chi connectivity index (χ4n) is 3.00. The van der Waals surface area contributed by atoms with E-state index in [0.717, 1.165) is 10.6 Å². The number of nitrogens with one attached hydrogen (secondary N) is 2. The first kappa shape index (κ1) is 17.3. The smallest absolute Gasteiger partial charge is 0.273 e. The Kier molecular flexibility index (Phi) is 4.39. The summed E-state index contributed by atoms with van der Waals surface area (Å²) in [6, 6.07) is 24.2. The molecule has 0 bridgehead atoms. The second-order valence-electron chi connectivity index (χ2n) is 6.09. The van der Waals surface area contributed by atoms with E-state index in [1.54, 1.807) is 36.4 Å². The van der Waals surface area contributed by atoms with Crippen molar-refractivity contribution in [3.63, 3.8) is 0 Å². The molecule has 1 atom stereocenters. The molecule has 0 radical (unpaired) electrons. The maximum absolute atomic E-state index is 13.1. The molecule has 4 rings (SSSR count). The summed E-state index contributed by atoms with van der Waals surface area (Å²) in [5, 5.41) is 4.37. The Morgan fingerprint density at radius 2 is 1.41 bits per heavy atom. The average molecular weight is 379 g/mol. The lowest BCUT2D eigenvalue weighted by Gasteiger charge is -2.37. The second kappa shape index (κ2) is 6.86. The lowest BCUT2D eigenvalue weighted by molar-refractivity contribution is 0.0633. The predicted molar refractivity (Wildman–Crippen MR) is 102 cm³/mol. The van der Waals surface area contributed by atoms with Crippen LogP contribution in [0, 0.1) is 0 Å². The van der Waals surface area contributed by atoms with Crippen LogP contribution in [0.3, 0.4) is 0 Å². The van der Waals surface area contributed by atoms with Gasteiger partial charge < -0.3 is 5.32 Å². The second-order valence-corrected chi connectivity index (χ2v) is 7.75. The Balaban J connectivity index is 1.77. The number of nitrogens with zero attached hydrogens (tertiary/aromatic N) is 1. The van der Waals surface area contributed by atoms with E-state index in [-0.39, 0.29) is 4.90 Å². The average Bonchev–Trinajstić information content (AvgIpc) is 2.71. The third-order valence-corrected chi connectivity index (χ3v) is 5.64. The van der Waals surface area contributed by atoms with Crippen molar-refractivity contribution >= 4 is 21.6 Å². The predicted octanol–water partition coefficient (Wildman–Crippen LogP) is 3.15. The van der Waals surface area contributed by atoms with Crippen LogP contribution >= 0.6 is 0 Å². The van der Waals surface area contributed by atoms with Crippen molar-refractivity contribution in [3.05, 3.63) is 96.1 Å². The Hall–Kier alpha value is -3.16. The van der Waals surface area contributed by atoms with Gasteiger partial charge in [-0.25, -0.2) is 13.4 Å². The summed E-state index contributed by atoms with van der Waals surface area (Å²) in [4.78, 5) is 15.6. The molecule has 0 unspecified atom stereocenters. The topological polar surface area (TPSA) is 78.5 Å². The molecule has 2 N–H and O–H groups in total. The number of rotatable bonds is 4. The highest BCUT2D eigenvalue weighted by atomic mass is 32.2. The minimum atomic E-state index is -3.92. The van der Waals surface area contributed by atoms with Crippen LogP contribution in [0.5, 0.6) is 0 Å². The molecule has 0 aliphatic carbocycles. The van der Waals surface area contributed by atoms with Gasteiger partial charge in [-0.1, -0.05) is 60.7 Å². The van der Waals surface area contributed by atoms with E-state index in [0.29, 0.717) is 11.3 Å². The van der Waals surface area contributed by atoms with E-state index in [1.807, 2.05) is 36.4 Å². The standard InChI is InChI=1S/C20H17N3O3S/c24-20-17-13-7-8-14-18(17)21-19(15-9-3-1-4-10-15)23(20)22-27(25,26)16-11-5-2-6-12-16/h1-14,19,21-22H/t19-/m0/s1. The Morgan fingerprint density at radius 3 is 2.11 bits per heavy atom. The molecule has 0 spiro atoms. The molecular weight excluding hydrogens is 362 g/mol. The van der Waals surface area contributed by atoms with Crippen molar-refractivity contribution in [3.8, 4) is 0 Å². The highest BCUT2D eigenvalue weighted by Crippen LogP contribution is 2.32. The maximum atomic E-state index is 13.1. The van der Waals surface area contributed by atoms with Gasteiger partial charge in [0.1, 0.15) is 6.17 Å². The summed E-state index contributed by atoms with van der Waals surface area (Å²) in [6.07, 6.45) is -0.674. The zero-order valence-corrected chi connectivity index (χ0v) is 15.1. The molecule has 27 heavy (non-hydrogen) atoms. The number of para-hydroxylation sites is 1. The summed E-state index contributed by atoms with van der Waals surface area (Å²) >= 11 is 0. The van der Waals surface area contributed by atoms with Gasteiger partial charge in [0.15, 0.2) is 0 Å². The molecule has 0 saturated heterocycles. The summed E-state index contributed by atoms with van der Waals surface area (Å²) in [6.45, 7) is 0. The molecule has 0 saturated carbocycles. The molecule has 0 fully saturated rings. The van der Waals surface area contributed by atoms with E-state index >= 15 is 0 Å². The number of carbonyl (C=O) groups excluding carboxylic acids is 1. The molecule has 1 amide bonds. The number of anilines is 1. The van der Waals surface area contributed by atoms with Crippen LogP contribution in [0.1, 0.15) is 22.1 Å². The quantitative estimate of drug-likeness (QED) is 0.730. The molecule has 136 valence electrons. The molecule has 1 aliphatic heterocycles. The normalized spacial score (nSPS) is 16.5. The Bertz CT molecular complexity index is 1070. The number of hydrazine groups is 1. The van der Waals surface area contributed by atoms with E-state index < -0.39 is 22.1 Å². The van der Waals surface area contributed by atoms with Gasteiger partial charge in [0.05, 0.1) is 10.5 Å². The third kappa shape index (κ3) is 3.30. The molecular formula is C20H17N3O3S. The van der Waals surface area contributed by atoms with Crippen molar-refractivity contribution < 1.29 is 13.2 Å². The maximum Gasteiger partial charge on any atom is 0.273 e. The van der Waals surface area contributed by atoms with Gasteiger partial charge in [-0.15, -0.1) is 4.83 Å². The lowest BCUT2D eigenvalue weighted by atomic mass is 10.1. The van der Waals surface area contributed by atoms with E-state index in [2.05, 4.69) is 10.1 Å². The molecule has 1 heterocycles. The number of carbonyl (C=O) groups is 1. The van der Waals surface area contributed by atoms with Crippen molar-refractivity contribution in [2.45, 2.75) is 11.1 Å². The van der Waals surface area contributed by atoms with Crippen molar-refractivity contribution in [2.75, 3.05) is 5.32 Å². The van der Waals surface area contributed by atoms with E-state index in [9.17, 15) is 13.2 Å². The Labute approximate surface area is 157 Å². The van der Waals surface area contributed by atoms with Crippen LogP contribution in [0.2, 0.25) is 0 Å². The van der Waals surface area contributed by atoms with E-state index in [4.69, 9.17) is 0 Å². The van der Waals surface area contributed by atoms with Crippen LogP contribution in [0.15, 0.2) is 89.8 Å². The summed E-state index contributed by atoms with van der Waals surface area (Å²) < 4.78 is 25.6. The SMILES string of the molecule is O=C1c2ccccc2N[C@H](c2ccccc2)N1NS(=O)(=O)c1ccccc1. The largest absolute Gasteiger partial charge is 0.360 e. The zero-order chi connectivity index (χ0) is 18.9. The fraction of sp³-hybridized carbons (Fsp3) is 0.0500. The minimum Gasteiger partial charge on any atom is -0.360 e. The molecule has 1 aliphatic rings. The van der Waals surface area contributed by atoms with E-state index in [1.165, 1.54) is 12.1 Å². The summed E-state index contributed by atoms with van der Waals surface area (Å²) in [5.41, 5.74) is 1.82. The number of amides is 1. The van der Waals surface area contributed by atoms with Gasteiger partial charge >= 0.3 is 0 Å². The molecule has 7 heteroatoms. The molecule has 3 aromatic carbocycles. The van der Waals surface area contributed by atoms with Gasteiger partial charge in [0.25, 0.3) is 15.9 Å². The van der Waals surface area contributed by atoms with Gasteiger partial charge in [0.2, 0.25) is 0 Å². The third-order valence-electron chi connectivity index (χ3n) is 4.31. The highest BCUT2D eigenvalue weighted by molar-refractivity contribution is 7.89. The summed E-state index contributed by atoms with van der Waals surface area (Å²) in [7, 11) is -3.92.